The number of hydrogen-bond donors (Lipinski definition) is 0. The number of sulfone groups is 1. The molecule has 33 heavy (non-hydrogen) atoms. The second-order valence-electron chi connectivity index (χ2n) is 7.82. The topological polar surface area (TPSA) is 134 Å². The van der Waals surface area contributed by atoms with Gasteiger partial charge < -0.3 is 19.5 Å². The van der Waals surface area contributed by atoms with E-state index in [4.69, 9.17) is 4.74 Å². The van der Waals surface area contributed by atoms with E-state index in [1.165, 1.54) is 12.3 Å². The number of carbonyl (C=O) groups is 3. The summed E-state index contributed by atoms with van der Waals surface area (Å²) in [5.74, 6) is -3.18. The number of β-lactam (4-membered cyclic amide) rings is 1. The first-order chi connectivity index (χ1) is 15.2. The van der Waals surface area contributed by atoms with E-state index in [1.807, 2.05) is 0 Å². The van der Waals surface area contributed by atoms with Crippen molar-refractivity contribution in [1.82, 2.24) is 9.88 Å². The summed E-state index contributed by atoms with van der Waals surface area (Å²) in [6.45, 7) is 0.430. The summed E-state index contributed by atoms with van der Waals surface area (Å²) >= 11 is 0. The molecule has 2 aliphatic rings. The van der Waals surface area contributed by atoms with E-state index in [0.717, 1.165) is 11.8 Å². The fourth-order valence-electron chi connectivity index (χ4n) is 4.03. The zero-order chi connectivity index (χ0) is 23.1. The van der Waals surface area contributed by atoms with Gasteiger partial charge in [0.05, 0.1) is 29.7 Å². The van der Waals surface area contributed by atoms with Gasteiger partial charge in [-0.2, -0.15) is 0 Å². The van der Waals surface area contributed by atoms with Crippen molar-refractivity contribution in [1.29, 1.82) is 0 Å². The third-order valence-corrected chi connectivity index (χ3v) is 8.44. The molecule has 2 fully saturated rings. The number of hydrogen-bond acceptors (Lipinski definition) is 8. The van der Waals surface area contributed by atoms with Gasteiger partial charge >= 0.3 is 35.5 Å². The molecule has 0 aliphatic carbocycles. The van der Waals surface area contributed by atoms with Gasteiger partial charge in [-0.05, 0) is 30.7 Å². The van der Waals surface area contributed by atoms with Crippen molar-refractivity contribution in [2.24, 2.45) is 0 Å². The van der Waals surface area contributed by atoms with Gasteiger partial charge in [-0.3, -0.25) is 14.6 Å². The molecule has 0 N–H and O–H groups in total. The predicted octanol–water partition coefficient (Wildman–Crippen LogP) is -3.27. The molecular formula is C22H19N2NaO7S. The van der Waals surface area contributed by atoms with E-state index in [9.17, 15) is 27.9 Å². The van der Waals surface area contributed by atoms with Crippen LogP contribution >= 0.6 is 0 Å². The monoisotopic (exact) mass is 478 g/mol. The van der Waals surface area contributed by atoms with Crippen LogP contribution in [0.3, 0.4) is 0 Å². The zero-order valence-corrected chi connectivity index (χ0v) is 20.8. The maximum absolute atomic E-state index is 13.4. The Hall–Kier alpha value is -2.53. The van der Waals surface area contributed by atoms with Crippen LogP contribution in [-0.2, 0) is 35.4 Å². The van der Waals surface area contributed by atoms with Gasteiger partial charge in [-0.1, -0.05) is 36.4 Å². The summed E-state index contributed by atoms with van der Waals surface area (Å²) in [4.78, 5) is 41.7. The molecule has 2 saturated heterocycles. The van der Waals surface area contributed by atoms with Crippen molar-refractivity contribution in [3.8, 4) is 0 Å². The van der Waals surface area contributed by atoms with E-state index in [0.29, 0.717) is 11.3 Å². The van der Waals surface area contributed by atoms with E-state index >= 15 is 0 Å². The molecule has 0 unspecified atom stereocenters. The maximum Gasteiger partial charge on any atom is 1.00 e. The molecule has 1 amide bonds. The summed E-state index contributed by atoms with van der Waals surface area (Å²) in [7, 11) is -4.28. The number of rotatable bonds is 6. The van der Waals surface area contributed by atoms with E-state index in [1.54, 1.807) is 48.5 Å². The largest absolute Gasteiger partial charge is 1.00 e. The molecular weight excluding hydrogens is 459 g/mol. The summed E-state index contributed by atoms with van der Waals surface area (Å²) in [6.07, 6.45) is 2.70. The Morgan fingerprint density at radius 2 is 1.85 bits per heavy atom. The molecule has 0 spiro atoms. The number of benzene rings is 1. The number of carboxylic acid groups (broad SMARTS) is 1. The number of aromatic nitrogens is 1. The van der Waals surface area contributed by atoms with Crippen LogP contribution < -0.4 is 34.7 Å². The molecule has 1 aromatic carbocycles. The molecule has 1 aromatic heterocycles. The van der Waals surface area contributed by atoms with Crippen LogP contribution in [-0.4, -0.2) is 58.9 Å². The van der Waals surface area contributed by atoms with Gasteiger partial charge in [0.2, 0.25) is 0 Å². The first kappa shape index (κ1) is 25.1. The summed E-state index contributed by atoms with van der Waals surface area (Å²) < 4.78 is 29.9. The molecule has 9 nitrogen and oxygen atoms in total. The number of nitrogens with zero attached hydrogens (tertiary/aromatic N) is 2. The van der Waals surface area contributed by atoms with Crippen LogP contribution in [0.4, 0.5) is 0 Å². The van der Waals surface area contributed by atoms with Gasteiger partial charge in [0.1, 0.15) is 11.4 Å². The normalized spacial score (nSPS) is 26.2. The fraction of sp³-hybridized carbons (Fsp3) is 0.273. The number of carbonyl (C=O) groups excluding carboxylic acids is 3. The van der Waals surface area contributed by atoms with Crippen LogP contribution in [0.15, 0.2) is 60.3 Å². The summed E-state index contributed by atoms with van der Waals surface area (Å²) in [5, 5.41) is 10.4. The number of carboxylic acids is 1. The van der Waals surface area contributed by atoms with Crippen LogP contribution in [0.1, 0.15) is 18.2 Å². The quantitative estimate of drug-likeness (QED) is 0.183. The van der Waals surface area contributed by atoms with Gasteiger partial charge in [0.15, 0.2) is 15.2 Å². The van der Waals surface area contributed by atoms with Crippen LogP contribution in [0.2, 0.25) is 0 Å². The standard InChI is InChI=1S/C22H20N2O7S.Na/c1-22(13-31-17(25)11-14-7-3-2-4-8-14)18(21(27)28)24-19(26)16(20(24)32(22,29)30)12-15-9-5-6-10-23-15;/h2-10,12,18,20H,11,13H2,1H3,(H,27,28);/q;+1/p-1/b16-12+;/t18-,20+,22-;/m0./s1. The minimum Gasteiger partial charge on any atom is -0.548 e. The number of fused-ring (bicyclic) bond motifs is 1. The van der Waals surface area contributed by atoms with Crippen molar-refractivity contribution in [2.75, 3.05) is 6.61 Å². The van der Waals surface area contributed by atoms with E-state index < -0.39 is 50.5 Å². The van der Waals surface area contributed by atoms with Crippen LogP contribution in [0.5, 0.6) is 0 Å². The average Bonchev–Trinajstić information content (AvgIpc) is 2.93. The predicted molar refractivity (Wildman–Crippen MR) is 110 cm³/mol. The molecule has 2 aliphatic heterocycles. The molecule has 166 valence electrons. The number of aliphatic carboxylic acids is 1. The summed E-state index contributed by atoms with van der Waals surface area (Å²) in [5.41, 5.74) is 0.931. The minimum atomic E-state index is -4.28. The van der Waals surface area contributed by atoms with Gasteiger partial charge in [-0.25, -0.2) is 8.42 Å². The zero-order valence-electron chi connectivity index (χ0n) is 18.0. The van der Waals surface area contributed by atoms with Crippen molar-refractivity contribution >= 4 is 33.8 Å². The van der Waals surface area contributed by atoms with Gasteiger partial charge in [-0.15, -0.1) is 0 Å². The van der Waals surface area contributed by atoms with Gasteiger partial charge in [0, 0.05) is 6.20 Å². The van der Waals surface area contributed by atoms with Gasteiger partial charge in [0.25, 0.3) is 5.91 Å². The number of pyridine rings is 1. The second kappa shape index (κ2) is 9.38. The summed E-state index contributed by atoms with van der Waals surface area (Å²) in [6, 6.07) is 11.8. The van der Waals surface area contributed by atoms with Crippen molar-refractivity contribution < 1.29 is 62.2 Å². The van der Waals surface area contributed by atoms with Crippen molar-refractivity contribution in [3.63, 3.8) is 0 Å². The number of amides is 1. The van der Waals surface area contributed by atoms with Crippen molar-refractivity contribution in [2.45, 2.75) is 29.5 Å². The average molecular weight is 478 g/mol. The SMILES string of the molecule is C[C@]1(COC(=O)Cc2ccccc2)[C@H](C(=O)[O-])N2C(=O)/C(=C\c3ccccn3)[C@H]2S1(=O)=O.[Na+]. The fourth-order valence-corrected chi connectivity index (χ4v) is 6.31. The molecule has 0 saturated carbocycles. The molecule has 0 bridgehead atoms. The van der Waals surface area contributed by atoms with Crippen LogP contribution in [0, 0.1) is 0 Å². The molecule has 4 rings (SSSR count). The number of esters is 1. The second-order valence-corrected chi connectivity index (χ2v) is 10.3. The van der Waals surface area contributed by atoms with Crippen LogP contribution in [0.25, 0.3) is 6.08 Å². The first-order valence-corrected chi connectivity index (χ1v) is 11.3. The van der Waals surface area contributed by atoms with E-state index in [2.05, 4.69) is 4.98 Å². The Balaban J connectivity index is 0.00000306. The third-order valence-electron chi connectivity index (χ3n) is 5.73. The molecule has 0 radical (unpaired) electrons. The first-order valence-electron chi connectivity index (χ1n) is 9.76. The number of ether oxygens (including phenoxy) is 1. The third kappa shape index (κ3) is 4.23. The smallest absolute Gasteiger partial charge is 0.548 e. The molecule has 2 aromatic rings. The Morgan fingerprint density at radius 3 is 2.45 bits per heavy atom. The van der Waals surface area contributed by atoms with Crippen molar-refractivity contribution in [3.05, 3.63) is 71.6 Å². The minimum absolute atomic E-state index is 0. The Morgan fingerprint density at radius 1 is 1.18 bits per heavy atom. The maximum atomic E-state index is 13.4. The Labute approximate surface area is 212 Å². The Kier molecular flexibility index (Phi) is 7.13. The van der Waals surface area contributed by atoms with E-state index in [-0.39, 0.29) is 41.6 Å². The Bertz CT molecular complexity index is 1220. The molecule has 3 heterocycles. The molecule has 11 heteroatoms. The molecule has 3 atom stereocenters.